The third-order valence-corrected chi connectivity index (χ3v) is 8.68. The molecule has 0 aromatic rings. The monoisotopic (exact) mass is 254 g/mol. The highest BCUT2D eigenvalue weighted by Gasteiger charge is 2.49. The van der Waals surface area contributed by atoms with Gasteiger partial charge in [-0.05, 0) is 28.8 Å². The molecule has 98 valence electrons. The van der Waals surface area contributed by atoms with Crippen LogP contribution in [0.1, 0.15) is 72.6 Å². The molecule has 0 spiro atoms. The van der Waals surface area contributed by atoms with Crippen LogP contribution in [-0.2, 0) is 4.79 Å². The van der Waals surface area contributed by atoms with E-state index in [2.05, 4.69) is 27.7 Å². The largest absolute Gasteiger partial charge is 0.300 e. The normalized spacial score (nSPS) is 30.5. The molecule has 2 fully saturated rings. The lowest BCUT2D eigenvalue weighted by atomic mass is 9.96. The summed E-state index contributed by atoms with van der Waals surface area (Å²) in [4.78, 5) is 11.9. The van der Waals surface area contributed by atoms with Crippen molar-refractivity contribution in [3.8, 4) is 0 Å². The zero-order valence-electron chi connectivity index (χ0n) is 11.9. The van der Waals surface area contributed by atoms with Crippen LogP contribution in [-0.4, -0.2) is 21.8 Å². The minimum atomic E-state index is -0.0239. The van der Waals surface area contributed by atoms with Crippen LogP contribution in [0, 0.1) is 0 Å². The van der Waals surface area contributed by atoms with Crippen molar-refractivity contribution in [2.75, 3.05) is 0 Å². The van der Waals surface area contributed by atoms with Crippen molar-refractivity contribution in [1.29, 1.82) is 0 Å². The highest BCUT2D eigenvalue weighted by atomic mass is 31.1. The molecule has 2 heteroatoms. The van der Waals surface area contributed by atoms with Gasteiger partial charge in [0.05, 0.1) is 0 Å². The summed E-state index contributed by atoms with van der Waals surface area (Å²) in [5.74, 6) is 0.495. The van der Waals surface area contributed by atoms with Crippen molar-refractivity contribution in [2.24, 2.45) is 0 Å². The van der Waals surface area contributed by atoms with Crippen LogP contribution in [0.2, 0.25) is 0 Å². The standard InChI is InChI=1S/C15H27OP/c1-14(2)10-12(16)11-15(3,4)17(14)13-8-6-5-7-9-13/h13H,5-11H2,1-4H3. The molecule has 0 atom stereocenters. The van der Waals surface area contributed by atoms with Crippen molar-refractivity contribution in [1.82, 2.24) is 0 Å². The number of Topliss-reactive ketones (excluding diaryl/α,β-unsaturated/α-hetero) is 1. The van der Waals surface area contributed by atoms with Crippen LogP contribution in [0.25, 0.3) is 0 Å². The third-order valence-electron chi connectivity index (χ3n) is 4.50. The molecule has 0 aromatic carbocycles. The van der Waals surface area contributed by atoms with Gasteiger partial charge in [0.25, 0.3) is 0 Å². The number of carbonyl (C=O) groups excluding carboxylic acids is 1. The highest BCUT2D eigenvalue weighted by molar-refractivity contribution is 7.61. The maximum absolute atomic E-state index is 11.9. The highest BCUT2D eigenvalue weighted by Crippen LogP contribution is 2.69. The van der Waals surface area contributed by atoms with Gasteiger partial charge < -0.3 is 0 Å². The second-order valence-electron chi connectivity index (χ2n) is 7.18. The first-order chi connectivity index (χ1) is 7.83. The first-order valence-corrected chi connectivity index (χ1v) is 8.55. The summed E-state index contributed by atoms with van der Waals surface area (Å²) in [6, 6.07) is 0. The van der Waals surface area contributed by atoms with E-state index >= 15 is 0 Å². The van der Waals surface area contributed by atoms with Gasteiger partial charge in [-0.25, -0.2) is 0 Å². The van der Waals surface area contributed by atoms with E-state index in [0.29, 0.717) is 5.78 Å². The lowest BCUT2D eigenvalue weighted by molar-refractivity contribution is -0.120. The number of hydrogen-bond donors (Lipinski definition) is 0. The van der Waals surface area contributed by atoms with Gasteiger partial charge in [-0.1, -0.05) is 54.9 Å². The molecule has 17 heavy (non-hydrogen) atoms. The summed E-state index contributed by atoms with van der Waals surface area (Å²) in [6.07, 6.45) is 8.78. The molecule has 2 aliphatic rings. The van der Waals surface area contributed by atoms with E-state index in [9.17, 15) is 4.79 Å². The first-order valence-electron chi connectivity index (χ1n) is 7.14. The lowest BCUT2D eigenvalue weighted by Gasteiger charge is -2.53. The predicted octanol–water partition coefficient (Wildman–Crippen LogP) is 4.72. The summed E-state index contributed by atoms with van der Waals surface area (Å²) in [6.45, 7) is 9.41. The summed E-state index contributed by atoms with van der Waals surface area (Å²) >= 11 is 0. The Hall–Kier alpha value is 0.100. The Labute approximate surface area is 107 Å². The summed E-state index contributed by atoms with van der Waals surface area (Å²) in [7, 11) is -0.0239. The van der Waals surface area contributed by atoms with Gasteiger partial charge in [0.2, 0.25) is 0 Å². The molecule has 1 aliphatic heterocycles. The number of rotatable bonds is 1. The summed E-state index contributed by atoms with van der Waals surface area (Å²) in [5.41, 5.74) is 0.928. The zero-order chi connectivity index (χ0) is 12.7. The molecule has 1 aliphatic carbocycles. The fourth-order valence-corrected chi connectivity index (χ4v) is 9.54. The second kappa shape index (κ2) is 4.65. The van der Waals surface area contributed by atoms with Gasteiger partial charge in [0.15, 0.2) is 0 Å². The van der Waals surface area contributed by atoms with Crippen LogP contribution >= 0.6 is 7.92 Å². The van der Waals surface area contributed by atoms with E-state index in [1.54, 1.807) is 0 Å². The van der Waals surface area contributed by atoms with Crippen molar-refractivity contribution in [2.45, 2.75) is 88.6 Å². The Morgan fingerprint density at radius 3 is 1.88 bits per heavy atom. The minimum Gasteiger partial charge on any atom is -0.300 e. The Morgan fingerprint density at radius 2 is 1.41 bits per heavy atom. The predicted molar refractivity (Wildman–Crippen MR) is 76.2 cm³/mol. The first kappa shape index (κ1) is 13.5. The minimum absolute atomic E-state index is 0.0239. The van der Waals surface area contributed by atoms with Crippen LogP contribution in [0.15, 0.2) is 0 Å². The van der Waals surface area contributed by atoms with Gasteiger partial charge in [0, 0.05) is 12.8 Å². The summed E-state index contributed by atoms with van der Waals surface area (Å²) in [5, 5.41) is 0.548. The van der Waals surface area contributed by atoms with E-state index in [4.69, 9.17) is 0 Å². The zero-order valence-corrected chi connectivity index (χ0v) is 12.8. The molecule has 1 nitrogen and oxygen atoms in total. The molecule has 0 aromatic heterocycles. The fraction of sp³-hybridized carbons (Fsp3) is 0.933. The quantitative estimate of drug-likeness (QED) is 0.619. The lowest BCUT2D eigenvalue weighted by Crippen LogP contribution is -2.43. The maximum Gasteiger partial charge on any atom is 0.134 e. The average molecular weight is 254 g/mol. The molecule has 0 bridgehead atoms. The molecular formula is C15H27OP. The topological polar surface area (TPSA) is 17.1 Å². The smallest absolute Gasteiger partial charge is 0.134 e. The number of hydrogen-bond acceptors (Lipinski definition) is 1. The van der Waals surface area contributed by atoms with Gasteiger partial charge in [-0.15, -0.1) is 0 Å². The van der Waals surface area contributed by atoms with Gasteiger partial charge in [-0.3, -0.25) is 4.79 Å². The molecule has 0 unspecified atom stereocenters. The van der Waals surface area contributed by atoms with Crippen molar-refractivity contribution < 1.29 is 4.79 Å². The Bertz CT molecular complexity index is 280. The van der Waals surface area contributed by atoms with E-state index in [1.807, 2.05) is 0 Å². The number of ketones is 1. The molecule has 0 N–H and O–H groups in total. The van der Waals surface area contributed by atoms with E-state index < -0.39 is 0 Å². The van der Waals surface area contributed by atoms with E-state index in [1.165, 1.54) is 32.1 Å². The third kappa shape index (κ3) is 2.75. The van der Waals surface area contributed by atoms with E-state index in [-0.39, 0.29) is 18.2 Å². The summed E-state index contributed by atoms with van der Waals surface area (Å²) < 4.78 is 0. The SMILES string of the molecule is CC1(C)CC(=O)CC(C)(C)P1C1CCCCC1. The number of carbonyl (C=O) groups is 1. The van der Waals surface area contributed by atoms with Crippen LogP contribution in [0.4, 0.5) is 0 Å². The van der Waals surface area contributed by atoms with Gasteiger partial charge in [0.1, 0.15) is 5.78 Å². The Kier molecular flexibility index (Phi) is 3.70. The van der Waals surface area contributed by atoms with Crippen LogP contribution in [0.3, 0.4) is 0 Å². The maximum atomic E-state index is 11.9. The molecule has 1 heterocycles. The molecule has 0 radical (unpaired) electrons. The van der Waals surface area contributed by atoms with Crippen molar-refractivity contribution in [3.05, 3.63) is 0 Å². The molecule has 2 rings (SSSR count). The second-order valence-corrected chi connectivity index (χ2v) is 11.1. The van der Waals surface area contributed by atoms with Crippen molar-refractivity contribution >= 4 is 13.7 Å². The Balaban J connectivity index is 2.23. The fourth-order valence-electron chi connectivity index (χ4n) is 4.34. The van der Waals surface area contributed by atoms with Gasteiger partial charge >= 0.3 is 0 Å². The van der Waals surface area contributed by atoms with Crippen LogP contribution < -0.4 is 0 Å². The molecular weight excluding hydrogens is 227 g/mol. The van der Waals surface area contributed by atoms with Gasteiger partial charge in [-0.2, -0.15) is 0 Å². The van der Waals surface area contributed by atoms with E-state index in [0.717, 1.165) is 18.5 Å². The molecule has 0 amide bonds. The molecule has 1 saturated heterocycles. The Morgan fingerprint density at radius 1 is 0.941 bits per heavy atom. The average Bonchev–Trinajstić information content (AvgIpc) is 2.14. The van der Waals surface area contributed by atoms with Crippen molar-refractivity contribution in [3.63, 3.8) is 0 Å². The molecule has 1 saturated carbocycles. The van der Waals surface area contributed by atoms with Crippen LogP contribution in [0.5, 0.6) is 0 Å².